The lowest BCUT2D eigenvalue weighted by Crippen LogP contribution is -2.48. The molecular formula is C20H23FN2O2. The van der Waals surface area contributed by atoms with Gasteiger partial charge in [0.15, 0.2) is 0 Å². The third-order valence-corrected chi connectivity index (χ3v) is 4.41. The van der Waals surface area contributed by atoms with Crippen LogP contribution in [0.2, 0.25) is 0 Å². The van der Waals surface area contributed by atoms with Crippen LogP contribution in [0.25, 0.3) is 0 Å². The predicted octanol–water partition coefficient (Wildman–Crippen LogP) is 3.46. The third kappa shape index (κ3) is 4.50. The zero-order valence-corrected chi connectivity index (χ0v) is 14.5. The number of nitrogens with zero attached hydrogens (tertiary/aromatic N) is 2. The second-order valence-corrected chi connectivity index (χ2v) is 6.14. The summed E-state index contributed by atoms with van der Waals surface area (Å²) in [6.07, 6.45) is 0.559. The number of carbonyl (C=O) groups is 1. The second-order valence-electron chi connectivity index (χ2n) is 6.14. The number of carbonyl (C=O) groups excluding carboxylic acids is 1. The molecule has 2 aromatic carbocycles. The van der Waals surface area contributed by atoms with Gasteiger partial charge in [-0.25, -0.2) is 4.39 Å². The molecule has 25 heavy (non-hydrogen) atoms. The molecule has 0 aromatic heterocycles. The van der Waals surface area contributed by atoms with E-state index in [0.717, 1.165) is 43.2 Å². The number of hydrogen-bond acceptors (Lipinski definition) is 3. The summed E-state index contributed by atoms with van der Waals surface area (Å²) in [5, 5.41) is 0. The second kappa shape index (κ2) is 8.01. The average molecular weight is 342 g/mol. The van der Waals surface area contributed by atoms with Crippen LogP contribution >= 0.6 is 0 Å². The highest BCUT2D eigenvalue weighted by Gasteiger charge is 2.20. The monoisotopic (exact) mass is 342 g/mol. The lowest BCUT2D eigenvalue weighted by atomic mass is 10.2. The minimum Gasteiger partial charge on any atom is -0.489 e. The quantitative estimate of drug-likeness (QED) is 0.834. The highest BCUT2D eigenvalue weighted by Crippen LogP contribution is 2.23. The van der Waals surface area contributed by atoms with Crippen LogP contribution in [-0.4, -0.2) is 37.0 Å². The van der Waals surface area contributed by atoms with Crippen molar-refractivity contribution in [2.45, 2.75) is 20.0 Å². The Labute approximate surface area is 147 Å². The maximum Gasteiger partial charge on any atom is 0.222 e. The van der Waals surface area contributed by atoms with Crippen LogP contribution in [-0.2, 0) is 11.4 Å². The summed E-state index contributed by atoms with van der Waals surface area (Å²) in [7, 11) is 0. The molecule has 1 saturated heterocycles. The average Bonchev–Trinajstić information content (AvgIpc) is 2.66. The highest BCUT2D eigenvalue weighted by atomic mass is 19.1. The fourth-order valence-electron chi connectivity index (χ4n) is 3.00. The molecule has 1 amide bonds. The van der Waals surface area contributed by atoms with Gasteiger partial charge in [-0.3, -0.25) is 4.79 Å². The van der Waals surface area contributed by atoms with Gasteiger partial charge in [-0.05, 0) is 29.8 Å². The molecule has 1 aliphatic heterocycles. The summed E-state index contributed by atoms with van der Waals surface area (Å²) in [4.78, 5) is 15.9. The van der Waals surface area contributed by atoms with Gasteiger partial charge >= 0.3 is 0 Å². The molecule has 1 heterocycles. The highest BCUT2D eigenvalue weighted by molar-refractivity contribution is 5.76. The molecule has 0 aliphatic carbocycles. The van der Waals surface area contributed by atoms with Gasteiger partial charge in [0.25, 0.3) is 0 Å². The number of rotatable bonds is 5. The first-order valence-corrected chi connectivity index (χ1v) is 8.65. The van der Waals surface area contributed by atoms with Crippen molar-refractivity contribution < 1.29 is 13.9 Å². The lowest BCUT2D eigenvalue weighted by Gasteiger charge is -2.36. The molecule has 132 valence electrons. The van der Waals surface area contributed by atoms with Crippen LogP contribution in [0.15, 0.2) is 48.5 Å². The summed E-state index contributed by atoms with van der Waals surface area (Å²) >= 11 is 0. The van der Waals surface area contributed by atoms with Crippen LogP contribution < -0.4 is 9.64 Å². The van der Waals surface area contributed by atoms with Gasteiger partial charge in [0, 0.05) is 44.4 Å². The molecule has 0 unspecified atom stereocenters. The van der Waals surface area contributed by atoms with Crippen LogP contribution in [0.5, 0.6) is 5.75 Å². The molecule has 0 spiro atoms. The Bertz CT molecular complexity index is 727. The standard InChI is InChI=1S/C20H23FN2O2/c1-2-20(24)23-11-9-22(10-12-23)18-7-4-8-19(14-18)25-15-16-5-3-6-17(21)13-16/h3-8,13-14H,2,9-12,15H2,1H3. The van der Waals surface area contributed by atoms with E-state index in [2.05, 4.69) is 4.90 Å². The number of halogens is 1. The maximum atomic E-state index is 13.2. The topological polar surface area (TPSA) is 32.8 Å². The normalized spacial score (nSPS) is 14.5. The fraction of sp³-hybridized carbons (Fsp3) is 0.350. The summed E-state index contributed by atoms with van der Waals surface area (Å²) in [5.74, 6) is 0.718. The molecule has 0 bridgehead atoms. The van der Waals surface area contributed by atoms with E-state index in [1.165, 1.54) is 12.1 Å². The number of ether oxygens (including phenoxy) is 1. The van der Waals surface area contributed by atoms with E-state index in [-0.39, 0.29) is 11.7 Å². The molecule has 2 aromatic rings. The van der Waals surface area contributed by atoms with Crippen molar-refractivity contribution in [3.8, 4) is 5.75 Å². The number of piperazine rings is 1. The van der Waals surface area contributed by atoms with Crippen molar-refractivity contribution in [2.75, 3.05) is 31.1 Å². The van der Waals surface area contributed by atoms with Crippen molar-refractivity contribution in [1.82, 2.24) is 4.90 Å². The van der Waals surface area contributed by atoms with Crippen molar-refractivity contribution in [3.63, 3.8) is 0 Å². The third-order valence-electron chi connectivity index (χ3n) is 4.41. The predicted molar refractivity (Wildman–Crippen MR) is 96.3 cm³/mol. The van der Waals surface area contributed by atoms with E-state index < -0.39 is 0 Å². The first-order chi connectivity index (χ1) is 12.2. The Hall–Kier alpha value is -2.56. The molecule has 0 saturated carbocycles. The van der Waals surface area contributed by atoms with Gasteiger partial charge in [0.2, 0.25) is 5.91 Å². The van der Waals surface area contributed by atoms with E-state index in [1.807, 2.05) is 42.2 Å². The molecule has 5 heteroatoms. The zero-order chi connectivity index (χ0) is 17.6. The summed E-state index contributed by atoms with van der Waals surface area (Å²) in [6, 6.07) is 14.3. The maximum absolute atomic E-state index is 13.2. The van der Waals surface area contributed by atoms with Crippen LogP contribution in [0.1, 0.15) is 18.9 Å². The van der Waals surface area contributed by atoms with Gasteiger partial charge in [0.05, 0.1) is 0 Å². The Morgan fingerprint density at radius 2 is 1.84 bits per heavy atom. The van der Waals surface area contributed by atoms with Crippen LogP contribution in [0, 0.1) is 5.82 Å². The van der Waals surface area contributed by atoms with Gasteiger partial charge in [-0.1, -0.05) is 25.1 Å². The Morgan fingerprint density at radius 1 is 1.08 bits per heavy atom. The molecule has 0 radical (unpaired) electrons. The largest absolute Gasteiger partial charge is 0.489 e. The first-order valence-electron chi connectivity index (χ1n) is 8.65. The lowest BCUT2D eigenvalue weighted by molar-refractivity contribution is -0.131. The number of amides is 1. The van der Waals surface area contributed by atoms with Gasteiger partial charge < -0.3 is 14.5 Å². The summed E-state index contributed by atoms with van der Waals surface area (Å²) in [5.41, 5.74) is 1.89. The minimum absolute atomic E-state index is 0.215. The van der Waals surface area contributed by atoms with Gasteiger partial charge in [0.1, 0.15) is 18.2 Å². The molecule has 1 fully saturated rings. The van der Waals surface area contributed by atoms with Crippen LogP contribution in [0.3, 0.4) is 0 Å². The molecule has 0 atom stereocenters. The molecule has 0 N–H and O–H groups in total. The first kappa shape index (κ1) is 17.3. The zero-order valence-electron chi connectivity index (χ0n) is 14.5. The molecule has 4 nitrogen and oxygen atoms in total. The van der Waals surface area contributed by atoms with Gasteiger partial charge in [-0.15, -0.1) is 0 Å². The van der Waals surface area contributed by atoms with E-state index >= 15 is 0 Å². The van der Waals surface area contributed by atoms with Crippen LogP contribution in [0.4, 0.5) is 10.1 Å². The van der Waals surface area contributed by atoms with Crippen molar-refractivity contribution in [3.05, 3.63) is 59.9 Å². The van der Waals surface area contributed by atoms with Crippen molar-refractivity contribution in [2.24, 2.45) is 0 Å². The molecule has 3 rings (SSSR count). The Balaban J connectivity index is 1.59. The SMILES string of the molecule is CCC(=O)N1CCN(c2cccc(OCc3cccc(F)c3)c2)CC1. The number of benzene rings is 2. The number of anilines is 1. The summed E-state index contributed by atoms with van der Waals surface area (Å²) in [6.45, 7) is 5.37. The minimum atomic E-state index is -0.255. The molecular weight excluding hydrogens is 319 g/mol. The number of hydrogen-bond donors (Lipinski definition) is 0. The van der Waals surface area contributed by atoms with E-state index in [9.17, 15) is 9.18 Å². The smallest absolute Gasteiger partial charge is 0.222 e. The fourth-order valence-corrected chi connectivity index (χ4v) is 3.00. The summed E-state index contributed by atoms with van der Waals surface area (Å²) < 4.78 is 19.0. The van der Waals surface area contributed by atoms with Crippen molar-refractivity contribution in [1.29, 1.82) is 0 Å². The van der Waals surface area contributed by atoms with Crippen molar-refractivity contribution >= 4 is 11.6 Å². The van der Waals surface area contributed by atoms with E-state index in [1.54, 1.807) is 6.07 Å². The Kier molecular flexibility index (Phi) is 5.53. The van der Waals surface area contributed by atoms with E-state index in [0.29, 0.717) is 13.0 Å². The van der Waals surface area contributed by atoms with E-state index in [4.69, 9.17) is 4.74 Å². The Morgan fingerprint density at radius 3 is 2.56 bits per heavy atom. The molecule has 1 aliphatic rings. The van der Waals surface area contributed by atoms with Gasteiger partial charge in [-0.2, -0.15) is 0 Å².